The number of para-hydroxylation sites is 1. The van der Waals surface area contributed by atoms with Crippen LogP contribution in [0.5, 0.6) is 0 Å². The predicted molar refractivity (Wildman–Crippen MR) is 154 cm³/mol. The minimum absolute atomic E-state index is 0.0730. The average Bonchev–Trinajstić information content (AvgIpc) is 3.31. The van der Waals surface area contributed by atoms with Crippen LogP contribution >= 0.6 is 0 Å². The number of carbonyl (C=O) groups excluding carboxylic acids is 2. The Balaban J connectivity index is 1.59. The van der Waals surface area contributed by atoms with Gasteiger partial charge < -0.3 is 15.5 Å². The Hall–Kier alpha value is -4.39. The first kappa shape index (κ1) is 26.7. The van der Waals surface area contributed by atoms with E-state index in [-0.39, 0.29) is 18.5 Å². The molecule has 0 fully saturated rings. The molecule has 0 radical (unpaired) electrons. The van der Waals surface area contributed by atoms with E-state index in [2.05, 4.69) is 23.6 Å². The van der Waals surface area contributed by atoms with E-state index in [1.807, 2.05) is 93.6 Å². The second kappa shape index (κ2) is 12.2. The molecule has 0 saturated heterocycles. The molecule has 3 aromatic carbocycles. The summed E-state index contributed by atoms with van der Waals surface area (Å²) in [6.45, 7) is 8.48. The van der Waals surface area contributed by atoms with Crippen LogP contribution in [0.4, 0.5) is 16.3 Å². The minimum Gasteiger partial charge on any atom is -0.315 e. The molecule has 7 nitrogen and oxygen atoms in total. The molecule has 0 aliphatic carbocycles. The van der Waals surface area contributed by atoms with Gasteiger partial charge in [0, 0.05) is 23.9 Å². The van der Waals surface area contributed by atoms with Gasteiger partial charge in [0.05, 0.1) is 11.4 Å². The zero-order chi connectivity index (χ0) is 27.1. The number of unbranched alkanes of at least 4 members (excludes halogenated alkanes) is 1. The number of anilines is 2. The molecule has 196 valence electrons. The Morgan fingerprint density at radius 2 is 1.61 bits per heavy atom. The number of rotatable bonds is 9. The van der Waals surface area contributed by atoms with Gasteiger partial charge in [-0.1, -0.05) is 79.6 Å². The third kappa shape index (κ3) is 6.48. The van der Waals surface area contributed by atoms with E-state index in [9.17, 15) is 9.59 Å². The zero-order valence-electron chi connectivity index (χ0n) is 22.5. The van der Waals surface area contributed by atoms with E-state index in [1.165, 1.54) is 0 Å². The third-order valence-electron chi connectivity index (χ3n) is 6.42. The summed E-state index contributed by atoms with van der Waals surface area (Å²) >= 11 is 0. The third-order valence-corrected chi connectivity index (χ3v) is 6.42. The first-order valence-corrected chi connectivity index (χ1v) is 13.0. The molecule has 0 unspecified atom stereocenters. The topological polar surface area (TPSA) is 79.3 Å². The highest BCUT2D eigenvalue weighted by molar-refractivity contribution is 5.97. The first-order valence-electron chi connectivity index (χ1n) is 13.0. The molecule has 0 bridgehead atoms. The van der Waals surface area contributed by atoms with Crippen LogP contribution in [0.2, 0.25) is 0 Å². The largest absolute Gasteiger partial charge is 0.322 e. The normalized spacial score (nSPS) is 10.7. The van der Waals surface area contributed by atoms with Crippen LogP contribution in [0.15, 0.2) is 78.9 Å². The quantitative estimate of drug-likeness (QED) is 0.262. The van der Waals surface area contributed by atoms with Crippen molar-refractivity contribution >= 4 is 23.4 Å². The molecular weight excluding hydrogens is 474 g/mol. The standard InChI is InChI=1S/C31H35N5O2/c1-5-6-18-35(31(38)32-26-15-11-10-12-23(26)3)21-30(37)33-29-20-27(25-13-8-7-9-14-25)34-36(29)28-17-16-22(2)19-24(28)4/h7-17,19-20H,5-6,18,21H2,1-4H3,(H,32,38)(H,33,37). The van der Waals surface area contributed by atoms with Gasteiger partial charge in [0.1, 0.15) is 12.4 Å². The Morgan fingerprint density at radius 3 is 2.32 bits per heavy atom. The van der Waals surface area contributed by atoms with Crippen LogP contribution in [0.1, 0.15) is 36.5 Å². The average molecular weight is 510 g/mol. The molecule has 1 heterocycles. The summed E-state index contributed by atoms with van der Waals surface area (Å²) in [4.78, 5) is 28.0. The Bertz CT molecular complexity index is 1410. The maximum absolute atomic E-state index is 13.3. The summed E-state index contributed by atoms with van der Waals surface area (Å²) in [7, 11) is 0. The Morgan fingerprint density at radius 1 is 0.868 bits per heavy atom. The van der Waals surface area contributed by atoms with Gasteiger partial charge in [-0.25, -0.2) is 9.48 Å². The monoisotopic (exact) mass is 509 g/mol. The van der Waals surface area contributed by atoms with Gasteiger partial charge in [-0.3, -0.25) is 4.79 Å². The summed E-state index contributed by atoms with van der Waals surface area (Å²) in [6.07, 6.45) is 1.71. The van der Waals surface area contributed by atoms with Gasteiger partial charge >= 0.3 is 6.03 Å². The lowest BCUT2D eigenvalue weighted by Crippen LogP contribution is -2.41. The number of nitrogens with one attached hydrogen (secondary N) is 2. The highest BCUT2D eigenvalue weighted by Gasteiger charge is 2.20. The number of hydrogen-bond donors (Lipinski definition) is 2. The van der Waals surface area contributed by atoms with Crippen molar-refractivity contribution in [1.82, 2.24) is 14.7 Å². The van der Waals surface area contributed by atoms with Gasteiger partial charge in [0.2, 0.25) is 5.91 Å². The fourth-order valence-corrected chi connectivity index (χ4v) is 4.31. The number of benzene rings is 3. The van der Waals surface area contributed by atoms with Crippen LogP contribution in [0.3, 0.4) is 0 Å². The van der Waals surface area contributed by atoms with Gasteiger partial charge in [-0.05, 0) is 50.5 Å². The molecule has 4 rings (SSSR count). The molecule has 0 aliphatic heterocycles. The molecule has 0 aliphatic rings. The lowest BCUT2D eigenvalue weighted by atomic mass is 10.1. The van der Waals surface area contributed by atoms with E-state index < -0.39 is 0 Å². The second-order valence-electron chi connectivity index (χ2n) is 9.55. The molecule has 1 aromatic heterocycles. The summed E-state index contributed by atoms with van der Waals surface area (Å²) in [5.41, 5.74) is 6.48. The lowest BCUT2D eigenvalue weighted by molar-refractivity contribution is -0.116. The Kier molecular flexibility index (Phi) is 8.58. The number of urea groups is 1. The van der Waals surface area contributed by atoms with E-state index in [1.54, 1.807) is 9.58 Å². The second-order valence-corrected chi connectivity index (χ2v) is 9.55. The summed E-state index contributed by atoms with van der Waals surface area (Å²) in [5, 5.41) is 10.8. The molecule has 0 saturated carbocycles. The SMILES string of the molecule is CCCCN(CC(=O)Nc1cc(-c2ccccc2)nn1-c1ccc(C)cc1C)C(=O)Nc1ccccc1C. The predicted octanol–water partition coefficient (Wildman–Crippen LogP) is 6.74. The summed E-state index contributed by atoms with van der Waals surface area (Å²) < 4.78 is 1.76. The highest BCUT2D eigenvalue weighted by atomic mass is 16.2. The number of carbonyl (C=O) groups is 2. The van der Waals surface area contributed by atoms with Crippen molar-refractivity contribution in [2.45, 2.75) is 40.5 Å². The molecule has 3 amide bonds. The van der Waals surface area contributed by atoms with Gasteiger partial charge in [-0.15, -0.1) is 0 Å². The zero-order valence-corrected chi connectivity index (χ0v) is 22.5. The van der Waals surface area contributed by atoms with Gasteiger partial charge in [0.25, 0.3) is 0 Å². The summed E-state index contributed by atoms with van der Waals surface area (Å²) in [6, 6.07) is 25.2. The van der Waals surface area contributed by atoms with Crippen LogP contribution in [0, 0.1) is 20.8 Å². The van der Waals surface area contributed by atoms with Crippen molar-refractivity contribution in [3.8, 4) is 16.9 Å². The number of nitrogens with zero attached hydrogens (tertiary/aromatic N) is 3. The maximum Gasteiger partial charge on any atom is 0.322 e. The Labute approximate surface area is 224 Å². The highest BCUT2D eigenvalue weighted by Crippen LogP contribution is 2.26. The van der Waals surface area contributed by atoms with Crippen molar-refractivity contribution in [2.24, 2.45) is 0 Å². The fourth-order valence-electron chi connectivity index (χ4n) is 4.31. The van der Waals surface area contributed by atoms with E-state index in [4.69, 9.17) is 5.10 Å². The van der Waals surface area contributed by atoms with Gasteiger partial charge in [-0.2, -0.15) is 5.10 Å². The van der Waals surface area contributed by atoms with E-state index in [0.29, 0.717) is 12.4 Å². The number of amides is 3. The summed E-state index contributed by atoms with van der Waals surface area (Å²) in [5.74, 6) is 0.266. The van der Waals surface area contributed by atoms with Crippen LogP contribution in [-0.2, 0) is 4.79 Å². The fraction of sp³-hybridized carbons (Fsp3) is 0.258. The van der Waals surface area contributed by atoms with E-state index in [0.717, 1.165) is 52.2 Å². The van der Waals surface area contributed by atoms with Crippen molar-refractivity contribution in [3.05, 3.63) is 95.6 Å². The minimum atomic E-state index is -0.296. The van der Waals surface area contributed by atoms with E-state index >= 15 is 0 Å². The number of aromatic nitrogens is 2. The van der Waals surface area contributed by atoms with Crippen LogP contribution < -0.4 is 10.6 Å². The number of aryl methyl sites for hydroxylation is 3. The molecule has 0 spiro atoms. The van der Waals surface area contributed by atoms with Crippen LogP contribution in [0.25, 0.3) is 16.9 Å². The molecule has 7 heteroatoms. The van der Waals surface area contributed by atoms with Crippen molar-refractivity contribution < 1.29 is 9.59 Å². The number of hydrogen-bond acceptors (Lipinski definition) is 3. The molecule has 0 atom stereocenters. The van der Waals surface area contributed by atoms with Crippen molar-refractivity contribution in [3.63, 3.8) is 0 Å². The first-order chi connectivity index (χ1) is 18.4. The van der Waals surface area contributed by atoms with Gasteiger partial charge in [0.15, 0.2) is 0 Å². The van der Waals surface area contributed by atoms with Crippen molar-refractivity contribution in [2.75, 3.05) is 23.7 Å². The van der Waals surface area contributed by atoms with Crippen molar-refractivity contribution in [1.29, 1.82) is 0 Å². The lowest BCUT2D eigenvalue weighted by Gasteiger charge is -2.23. The smallest absolute Gasteiger partial charge is 0.315 e. The molecular formula is C31H35N5O2. The molecule has 4 aromatic rings. The maximum atomic E-state index is 13.3. The van der Waals surface area contributed by atoms with Crippen LogP contribution in [-0.4, -0.2) is 39.7 Å². The molecule has 38 heavy (non-hydrogen) atoms. The molecule has 2 N–H and O–H groups in total.